The first-order valence-electron chi connectivity index (χ1n) is 12.1. The summed E-state index contributed by atoms with van der Waals surface area (Å²) in [7, 11) is 1.67. The van der Waals surface area contributed by atoms with Crippen molar-refractivity contribution in [2.24, 2.45) is 5.92 Å². The number of carbonyl (C=O) groups excluding carboxylic acids is 2. The van der Waals surface area contributed by atoms with Crippen molar-refractivity contribution < 1.29 is 23.8 Å². The van der Waals surface area contributed by atoms with Gasteiger partial charge in [0.05, 0.1) is 19.2 Å². The second-order valence-corrected chi connectivity index (χ2v) is 9.51. The Bertz CT molecular complexity index is 1120. The Labute approximate surface area is 205 Å². The Morgan fingerprint density at radius 2 is 2.09 bits per heavy atom. The van der Waals surface area contributed by atoms with E-state index in [1.165, 1.54) is 34.7 Å². The molecular weight excluding hydrogens is 449 g/mol. The number of likely N-dealkylation sites (N-methyl/N-ethyl adjacent to an activating group) is 1. The number of hydrogen-bond donors (Lipinski definition) is 1. The highest BCUT2D eigenvalue weighted by molar-refractivity contribution is 5.97. The summed E-state index contributed by atoms with van der Waals surface area (Å²) >= 11 is 0. The summed E-state index contributed by atoms with van der Waals surface area (Å²) < 4.78 is 19.6. The van der Waals surface area contributed by atoms with Crippen LogP contribution in [0.15, 0.2) is 42.6 Å². The lowest BCUT2D eigenvalue weighted by Crippen LogP contribution is -2.50. The minimum atomic E-state index is -0.450. The van der Waals surface area contributed by atoms with Crippen molar-refractivity contribution >= 4 is 17.4 Å². The van der Waals surface area contributed by atoms with E-state index in [0.29, 0.717) is 17.7 Å². The molecule has 0 fully saturated rings. The Balaban J connectivity index is 1.64. The third-order valence-electron chi connectivity index (χ3n) is 6.82. The first-order valence-corrected chi connectivity index (χ1v) is 12.1. The van der Waals surface area contributed by atoms with E-state index in [-0.39, 0.29) is 42.8 Å². The molecule has 4 rings (SSSR count). The molecule has 1 N–H and O–H groups in total. The quantitative estimate of drug-likeness (QED) is 0.679. The Morgan fingerprint density at radius 1 is 1.34 bits per heavy atom. The van der Waals surface area contributed by atoms with Crippen LogP contribution in [0.2, 0.25) is 0 Å². The molecule has 0 bridgehead atoms. The second-order valence-electron chi connectivity index (χ2n) is 9.51. The van der Waals surface area contributed by atoms with Crippen LogP contribution in [0.25, 0.3) is 5.57 Å². The van der Waals surface area contributed by atoms with E-state index in [9.17, 15) is 19.1 Å². The van der Waals surface area contributed by atoms with Crippen LogP contribution >= 0.6 is 0 Å². The molecule has 0 radical (unpaired) electrons. The lowest BCUT2D eigenvalue weighted by Gasteiger charge is -2.37. The SMILES string of the molecule is C[C@H](CO)N1C[C@H](C)[C@H](CN(C)C(=O)c2ccc(F)cc2)Oc2ncc(C3=CCCC3)cc2C1=O. The average molecular weight is 482 g/mol. The Hall–Kier alpha value is -3.26. The summed E-state index contributed by atoms with van der Waals surface area (Å²) in [5.41, 5.74) is 2.82. The molecule has 0 spiro atoms. The van der Waals surface area contributed by atoms with E-state index >= 15 is 0 Å². The van der Waals surface area contributed by atoms with Crippen molar-refractivity contribution in [3.8, 4) is 5.88 Å². The number of carbonyl (C=O) groups is 2. The van der Waals surface area contributed by atoms with Crippen molar-refractivity contribution in [3.63, 3.8) is 0 Å². The van der Waals surface area contributed by atoms with Crippen LogP contribution in [0.4, 0.5) is 4.39 Å². The summed E-state index contributed by atoms with van der Waals surface area (Å²) in [5, 5.41) is 9.83. The van der Waals surface area contributed by atoms with Gasteiger partial charge in [-0.1, -0.05) is 13.0 Å². The minimum Gasteiger partial charge on any atom is -0.472 e. The predicted molar refractivity (Wildman–Crippen MR) is 131 cm³/mol. The number of aliphatic hydroxyl groups is 1. The number of amides is 2. The lowest BCUT2D eigenvalue weighted by molar-refractivity contribution is 0.0313. The van der Waals surface area contributed by atoms with Gasteiger partial charge in [0.1, 0.15) is 17.5 Å². The standard InChI is InChI=1S/C27H32FN3O4/c1-17-14-31(18(2)16-32)27(34)23-12-21(19-6-4-5-7-19)13-29-25(23)35-24(17)15-30(3)26(33)20-8-10-22(28)11-9-20/h6,8-13,17-18,24,32H,4-5,7,14-16H2,1-3H3/t17-,18+,24-/m0/s1. The van der Waals surface area contributed by atoms with Gasteiger partial charge in [-0.05, 0) is 67.7 Å². The largest absolute Gasteiger partial charge is 0.472 e. The maximum absolute atomic E-state index is 13.5. The molecule has 2 aliphatic rings. The zero-order valence-corrected chi connectivity index (χ0v) is 20.4. The minimum absolute atomic E-state index is 0.149. The van der Waals surface area contributed by atoms with Crippen molar-refractivity contribution in [1.82, 2.24) is 14.8 Å². The lowest BCUT2D eigenvalue weighted by atomic mass is 9.99. The molecule has 2 heterocycles. The van der Waals surface area contributed by atoms with Crippen molar-refractivity contribution in [1.29, 1.82) is 0 Å². The van der Waals surface area contributed by atoms with Crippen molar-refractivity contribution in [3.05, 3.63) is 65.1 Å². The van der Waals surface area contributed by atoms with E-state index in [1.807, 2.05) is 19.9 Å². The fourth-order valence-electron chi connectivity index (χ4n) is 4.59. The van der Waals surface area contributed by atoms with Gasteiger partial charge in [0.2, 0.25) is 5.88 Å². The molecule has 8 heteroatoms. The van der Waals surface area contributed by atoms with E-state index in [4.69, 9.17) is 4.74 Å². The highest BCUT2D eigenvalue weighted by Crippen LogP contribution is 2.32. The van der Waals surface area contributed by atoms with Crippen LogP contribution in [0.5, 0.6) is 5.88 Å². The maximum atomic E-state index is 13.5. The first kappa shape index (κ1) is 24.9. The third kappa shape index (κ3) is 5.37. The number of rotatable bonds is 6. The summed E-state index contributed by atoms with van der Waals surface area (Å²) in [4.78, 5) is 34.2. The fourth-order valence-corrected chi connectivity index (χ4v) is 4.59. The zero-order valence-electron chi connectivity index (χ0n) is 20.4. The van der Waals surface area contributed by atoms with E-state index in [1.54, 1.807) is 18.1 Å². The topological polar surface area (TPSA) is 83.0 Å². The zero-order chi connectivity index (χ0) is 25.1. The van der Waals surface area contributed by atoms with Gasteiger partial charge in [-0.3, -0.25) is 9.59 Å². The molecule has 1 aromatic carbocycles. The van der Waals surface area contributed by atoms with Gasteiger partial charge in [0, 0.05) is 31.3 Å². The number of benzene rings is 1. The number of fused-ring (bicyclic) bond motifs is 1. The third-order valence-corrected chi connectivity index (χ3v) is 6.82. The van der Waals surface area contributed by atoms with E-state index in [0.717, 1.165) is 24.8 Å². The van der Waals surface area contributed by atoms with Crippen LogP contribution in [0, 0.1) is 11.7 Å². The van der Waals surface area contributed by atoms with Gasteiger partial charge in [0.15, 0.2) is 0 Å². The molecule has 2 aromatic rings. The predicted octanol–water partition coefficient (Wildman–Crippen LogP) is 3.78. The maximum Gasteiger partial charge on any atom is 0.259 e. The van der Waals surface area contributed by atoms with Crippen LogP contribution in [-0.4, -0.2) is 70.6 Å². The van der Waals surface area contributed by atoms with Gasteiger partial charge in [-0.25, -0.2) is 9.37 Å². The second kappa shape index (κ2) is 10.6. The monoisotopic (exact) mass is 481 g/mol. The molecule has 186 valence electrons. The van der Waals surface area contributed by atoms with Crippen LogP contribution in [-0.2, 0) is 0 Å². The van der Waals surface area contributed by atoms with E-state index in [2.05, 4.69) is 11.1 Å². The normalized spacial score (nSPS) is 20.9. The number of hydrogen-bond acceptors (Lipinski definition) is 5. The molecule has 1 aliphatic carbocycles. The number of halogens is 1. The molecule has 1 aliphatic heterocycles. The molecule has 3 atom stereocenters. The first-order chi connectivity index (χ1) is 16.8. The summed E-state index contributed by atoms with van der Waals surface area (Å²) in [6.07, 6.45) is 6.50. The molecular formula is C27H32FN3O4. The molecule has 35 heavy (non-hydrogen) atoms. The summed E-state index contributed by atoms with van der Waals surface area (Å²) in [6.45, 7) is 4.20. The number of pyridine rings is 1. The molecule has 1 aromatic heterocycles. The average Bonchev–Trinajstić information content (AvgIpc) is 3.40. The van der Waals surface area contributed by atoms with Crippen LogP contribution in [0.1, 0.15) is 59.4 Å². The van der Waals surface area contributed by atoms with Crippen LogP contribution < -0.4 is 4.74 Å². The molecule has 0 saturated carbocycles. The smallest absolute Gasteiger partial charge is 0.259 e. The summed E-state index contributed by atoms with van der Waals surface area (Å²) in [5.74, 6) is -0.804. The molecule has 7 nitrogen and oxygen atoms in total. The van der Waals surface area contributed by atoms with Gasteiger partial charge in [0.25, 0.3) is 11.8 Å². The highest BCUT2D eigenvalue weighted by atomic mass is 19.1. The summed E-state index contributed by atoms with van der Waals surface area (Å²) in [6, 6.07) is 6.87. The molecule has 2 amide bonds. The van der Waals surface area contributed by atoms with E-state index < -0.39 is 11.9 Å². The number of aliphatic hydroxyl groups excluding tert-OH is 1. The number of ether oxygens (including phenoxy) is 1. The highest BCUT2D eigenvalue weighted by Gasteiger charge is 2.35. The molecule has 0 saturated heterocycles. The molecule has 0 unspecified atom stereocenters. The number of nitrogens with zero attached hydrogens (tertiary/aromatic N) is 3. The fraction of sp³-hybridized carbons (Fsp3) is 0.444. The van der Waals surface area contributed by atoms with Gasteiger partial charge < -0.3 is 19.6 Å². The number of allylic oxidation sites excluding steroid dienone is 2. The van der Waals surface area contributed by atoms with Crippen LogP contribution in [0.3, 0.4) is 0 Å². The number of aromatic nitrogens is 1. The van der Waals surface area contributed by atoms with Gasteiger partial charge in [-0.2, -0.15) is 0 Å². The Morgan fingerprint density at radius 3 is 2.74 bits per heavy atom. The van der Waals surface area contributed by atoms with Gasteiger partial charge >= 0.3 is 0 Å². The van der Waals surface area contributed by atoms with Gasteiger partial charge in [-0.15, -0.1) is 0 Å². The van der Waals surface area contributed by atoms with Crippen molar-refractivity contribution in [2.45, 2.75) is 45.3 Å². The Kier molecular flexibility index (Phi) is 7.50. The van der Waals surface area contributed by atoms with Crippen molar-refractivity contribution in [2.75, 3.05) is 26.7 Å².